The number of nitrogens with zero attached hydrogens (tertiary/aromatic N) is 5. The van der Waals surface area contributed by atoms with E-state index in [4.69, 9.17) is 0 Å². The van der Waals surface area contributed by atoms with E-state index in [-0.39, 0.29) is 11.9 Å². The Labute approximate surface area is 148 Å². The molecule has 25 heavy (non-hydrogen) atoms. The largest absolute Gasteiger partial charge is 0.336 e. The number of carbonyl (C=O) groups is 1. The van der Waals surface area contributed by atoms with Gasteiger partial charge in [-0.2, -0.15) is 0 Å². The summed E-state index contributed by atoms with van der Waals surface area (Å²) in [7, 11) is 0. The van der Waals surface area contributed by atoms with Crippen molar-refractivity contribution in [1.82, 2.24) is 24.4 Å². The zero-order valence-electron chi connectivity index (χ0n) is 15.1. The molecule has 2 aromatic heterocycles. The molecule has 134 valence electrons. The molecular weight excluding hydrogens is 314 g/mol. The standard InChI is InChI=1S/C19H27N5O/c1-14-7-5-8-15(2)24(14)18(25)13-22-11-6-9-16(22)19-21-20-17-10-3-4-12-23(17)19/h3-4,10,12,14-16H,5-9,11,13H2,1-2H3/t14-,15-,16+/m1/s1. The molecule has 0 saturated carbocycles. The monoisotopic (exact) mass is 341 g/mol. The highest BCUT2D eigenvalue weighted by atomic mass is 16.2. The van der Waals surface area contributed by atoms with Crippen LogP contribution in [0.4, 0.5) is 0 Å². The SMILES string of the molecule is C[C@@H]1CCC[C@@H](C)N1C(=O)CN1CCC[C@H]1c1nnc2ccccn12. The molecule has 6 heteroatoms. The van der Waals surface area contributed by atoms with Crippen LogP contribution in [0.2, 0.25) is 0 Å². The van der Waals surface area contributed by atoms with Gasteiger partial charge in [-0.15, -0.1) is 10.2 Å². The molecule has 0 unspecified atom stereocenters. The van der Waals surface area contributed by atoms with Gasteiger partial charge in [0.2, 0.25) is 5.91 Å². The number of rotatable bonds is 3. The van der Waals surface area contributed by atoms with Crippen LogP contribution in [0.1, 0.15) is 57.8 Å². The quantitative estimate of drug-likeness (QED) is 0.861. The average Bonchev–Trinajstić information content (AvgIpc) is 3.21. The van der Waals surface area contributed by atoms with E-state index in [0.29, 0.717) is 18.6 Å². The van der Waals surface area contributed by atoms with Crippen LogP contribution in [-0.4, -0.2) is 55.5 Å². The molecule has 0 aliphatic carbocycles. The van der Waals surface area contributed by atoms with E-state index >= 15 is 0 Å². The van der Waals surface area contributed by atoms with Gasteiger partial charge in [0.05, 0.1) is 12.6 Å². The third-order valence-electron chi connectivity index (χ3n) is 5.82. The maximum Gasteiger partial charge on any atom is 0.237 e. The first-order chi connectivity index (χ1) is 12.1. The van der Waals surface area contributed by atoms with Crippen LogP contribution in [0.5, 0.6) is 0 Å². The summed E-state index contributed by atoms with van der Waals surface area (Å²) in [5.41, 5.74) is 0.869. The van der Waals surface area contributed by atoms with Crippen LogP contribution in [-0.2, 0) is 4.79 Å². The number of piperidine rings is 1. The predicted octanol–water partition coefficient (Wildman–Crippen LogP) is 2.66. The highest BCUT2D eigenvalue weighted by molar-refractivity contribution is 5.79. The summed E-state index contributed by atoms with van der Waals surface area (Å²) in [6.07, 6.45) is 7.61. The molecule has 4 heterocycles. The predicted molar refractivity (Wildman–Crippen MR) is 96.2 cm³/mol. The van der Waals surface area contributed by atoms with Crippen LogP contribution in [0, 0.1) is 0 Å². The van der Waals surface area contributed by atoms with Crippen molar-refractivity contribution in [2.45, 2.75) is 64.1 Å². The van der Waals surface area contributed by atoms with Gasteiger partial charge in [0.15, 0.2) is 11.5 Å². The molecule has 2 saturated heterocycles. The fourth-order valence-electron chi connectivity index (χ4n) is 4.56. The molecule has 0 aromatic carbocycles. The summed E-state index contributed by atoms with van der Waals surface area (Å²) in [6.45, 7) is 5.80. The first-order valence-electron chi connectivity index (χ1n) is 9.50. The molecule has 1 amide bonds. The van der Waals surface area contributed by atoms with Gasteiger partial charge in [-0.1, -0.05) is 6.07 Å². The Morgan fingerprint density at radius 1 is 1.12 bits per heavy atom. The number of carbonyl (C=O) groups excluding carboxylic acids is 1. The molecule has 2 aromatic rings. The van der Waals surface area contributed by atoms with E-state index in [1.807, 2.05) is 24.4 Å². The van der Waals surface area contributed by atoms with Crippen molar-refractivity contribution in [3.8, 4) is 0 Å². The summed E-state index contributed by atoms with van der Waals surface area (Å²) in [5, 5.41) is 8.71. The third kappa shape index (κ3) is 3.03. The van der Waals surface area contributed by atoms with Crippen LogP contribution in [0.15, 0.2) is 24.4 Å². The van der Waals surface area contributed by atoms with Crippen molar-refractivity contribution in [1.29, 1.82) is 0 Å². The van der Waals surface area contributed by atoms with Crippen molar-refractivity contribution < 1.29 is 4.79 Å². The molecule has 2 fully saturated rings. The first kappa shape index (κ1) is 16.5. The van der Waals surface area contributed by atoms with E-state index < -0.39 is 0 Å². The van der Waals surface area contributed by atoms with Crippen molar-refractivity contribution >= 4 is 11.6 Å². The number of likely N-dealkylation sites (tertiary alicyclic amines) is 2. The Kier molecular flexibility index (Phi) is 4.46. The summed E-state index contributed by atoms with van der Waals surface area (Å²) >= 11 is 0. The molecule has 4 rings (SSSR count). The maximum absolute atomic E-state index is 13.0. The normalized spacial score (nSPS) is 27.9. The first-order valence-corrected chi connectivity index (χ1v) is 9.50. The molecule has 2 aliphatic heterocycles. The second kappa shape index (κ2) is 6.75. The lowest BCUT2D eigenvalue weighted by Gasteiger charge is -2.40. The number of pyridine rings is 1. The van der Waals surface area contributed by atoms with Crippen LogP contribution < -0.4 is 0 Å². The van der Waals surface area contributed by atoms with Gasteiger partial charge in [-0.3, -0.25) is 14.1 Å². The third-order valence-corrected chi connectivity index (χ3v) is 5.82. The number of hydrogen-bond donors (Lipinski definition) is 0. The number of aromatic nitrogens is 3. The van der Waals surface area contributed by atoms with E-state index in [9.17, 15) is 4.79 Å². The number of amides is 1. The van der Waals surface area contributed by atoms with Crippen molar-refractivity contribution in [3.05, 3.63) is 30.2 Å². The van der Waals surface area contributed by atoms with E-state index in [1.54, 1.807) is 0 Å². The topological polar surface area (TPSA) is 53.7 Å². The van der Waals surface area contributed by atoms with Crippen LogP contribution >= 0.6 is 0 Å². The zero-order valence-corrected chi connectivity index (χ0v) is 15.1. The molecule has 2 aliphatic rings. The Morgan fingerprint density at radius 2 is 1.92 bits per heavy atom. The van der Waals surface area contributed by atoms with Gasteiger partial charge in [-0.05, 0) is 64.6 Å². The fourth-order valence-corrected chi connectivity index (χ4v) is 4.56. The van der Waals surface area contributed by atoms with Gasteiger partial charge in [0.25, 0.3) is 0 Å². The Balaban J connectivity index is 1.53. The average molecular weight is 341 g/mol. The molecule has 3 atom stereocenters. The molecule has 6 nitrogen and oxygen atoms in total. The molecule has 0 bridgehead atoms. The van der Waals surface area contributed by atoms with Gasteiger partial charge in [0, 0.05) is 18.3 Å². The van der Waals surface area contributed by atoms with Crippen molar-refractivity contribution in [2.24, 2.45) is 0 Å². The summed E-state index contributed by atoms with van der Waals surface area (Å²) < 4.78 is 2.06. The zero-order chi connectivity index (χ0) is 17.4. The minimum absolute atomic E-state index is 0.178. The van der Waals surface area contributed by atoms with Gasteiger partial charge in [-0.25, -0.2) is 0 Å². The minimum Gasteiger partial charge on any atom is -0.336 e. The Bertz CT molecular complexity index is 747. The summed E-state index contributed by atoms with van der Waals surface area (Å²) in [4.78, 5) is 17.4. The minimum atomic E-state index is 0.178. The highest BCUT2D eigenvalue weighted by Gasteiger charge is 2.35. The van der Waals surface area contributed by atoms with E-state index in [0.717, 1.165) is 43.7 Å². The van der Waals surface area contributed by atoms with Crippen LogP contribution in [0.25, 0.3) is 5.65 Å². The van der Waals surface area contributed by atoms with E-state index in [1.165, 1.54) is 6.42 Å². The van der Waals surface area contributed by atoms with E-state index in [2.05, 4.69) is 38.2 Å². The van der Waals surface area contributed by atoms with Crippen molar-refractivity contribution in [3.63, 3.8) is 0 Å². The second-order valence-electron chi connectivity index (χ2n) is 7.55. The molecule has 0 radical (unpaired) electrons. The van der Waals surface area contributed by atoms with Gasteiger partial charge >= 0.3 is 0 Å². The smallest absolute Gasteiger partial charge is 0.237 e. The maximum atomic E-state index is 13.0. The molecule has 0 spiro atoms. The lowest BCUT2D eigenvalue weighted by atomic mass is 9.97. The lowest BCUT2D eigenvalue weighted by Crippen LogP contribution is -2.51. The number of hydrogen-bond acceptors (Lipinski definition) is 4. The lowest BCUT2D eigenvalue weighted by molar-refractivity contribution is -0.138. The van der Waals surface area contributed by atoms with Gasteiger partial charge in [0.1, 0.15) is 0 Å². The van der Waals surface area contributed by atoms with Crippen molar-refractivity contribution in [2.75, 3.05) is 13.1 Å². The molecule has 0 N–H and O–H groups in total. The van der Waals surface area contributed by atoms with Crippen LogP contribution in [0.3, 0.4) is 0 Å². The summed E-state index contributed by atoms with van der Waals surface area (Å²) in [6, 6.07) is 6.83. The van der Waals surface area contributed by atoms with Gasteiger partial charge < -0.3 is 4.90 Å². The molecular formula is C19H27N5O. The highest BCUT2D eigenvalue weighted by Crippen LogP contribution is 2.31. The summed E-state index contributed by atoms with van der Waals surface area (Å²) in [5.74, 6) is 1.22. The Morgan fingerprint density at radius 3 is 2.72 bits per heavy atom. The Hall–Kier alpha value is -1.95. The second-order valence-corrected chi connectivity index (χ2v) is 7.55. The fraction of sp³-hybridized carbons (Fsp3) is 0.632. The number of fused-ring (bicyclic) bond motifs is 1.